The summed E-state index contributed by atoms with van der Waals surface area (Å²) in [5.41, 5.74) is 1.17. The number of alkyl halides is 3. The van der Waals surface area contributed by atoms with Crippen molar-refractivity contribution in [1.29, 1.82) is 0 Å². The number of hydrogen-bond donors (Lipinski definition) is 2. The summed E-state index contributed by atoms with van der Waals surface area (Å²) in [6.45, 7) is 0.449. The van der Waals surface area contributed by atoms with Crippen LogP contribution in [0.4, 0.5) is 13.2 Å². The summed E-state index contributed by atoms with van der Waals surface area (Å²) in [5, 5.41) is 5.61. The molecule has 0 aliphatic carbocycles. The van der Waals surface area contributed by atoms with E-state index in [1.807, 2.05) is 30.3 Å². The summed E-state index contributed by atoms with van der Waals surface area (Å²) in [6.07, 6.45) is -4.22. The van der Waals surface area contributed by atoms with Gasteiger partial charge in [0.2, 0.25) is 0 Å². The van der Waals surface area contributed by atoms with Crippen LogP contribution in [0.1, 0.15) is 12.0 Å². The lowest BCUT2D eigenvalue weighted by atomic mass is 10.1. The first-order chi connectivity index (χ1) is 9.01. The van der Waals surface area contributed by atoms with Crippen LogP contribution in [-0.2, 0) is 6.42 Å². The summed E-state index contributed by atoms with van der Waals surface area (Å²) < 4.78 is 35.9. The third-order valence-corrected chi connectivity index (χ3v) is 2.47. The van der Waals surface area contributed by atoms with Crippen LogP contribution in [-0.4, -0.2) is 32.3 Å². The van der Waals surface area contributed by atoms with E-state index in [2.05, 4.69) is 15.6 Å². The van der Waals surface area contributed by atoms with Gasteiger partial charge in [-0.25, -0.2) is 0 Å². The van der Waals surface area contributed by atoms with Gasteiger partial charge in [0.05, 0.1) is 6.42 Å². The lowest BCUT2D eigenvalue weighted by molar-refractivity contribution is -0.132. The molecule has 0 atom stereocenters. The van der Waals surface area contributed by atoms with Gasteiger partial charge in [-0.15, -0.1) is 0 Å². The Morgan fingerprint density at radius 2 is 1.74 bits per heavy atom. The van der Waals surface area contributed by atoms with E-state index in [0.717, 1.165) is 6.42 Å². The smallest absolute Gasteiger partial charge is 0.356 e. The Morgan fingerprint density at radius 3 is 2.32 bits per heavy atom. The number of rotatable bonds is 5. The van der Waals surface area contributed by atoms with Crippen LogP contribution in [0.3, 0.4) is 0 Å². The van der Waals surface area contributed by atoms with Gasteiger partial charge < -0.3 is 10.6 Å². The summed E-state index contributed by atoms with van der Waals surface area (Å²) >= 11 is 0. The topological polar surface area (TPSA) is 36.4 Å². The van der Waals surface area contributed by atoms with Crippen LogP contribution in [0.15, 0.2) is 35.3 Å². The van der Waals surface area contributed by atoms with Crippen molar-refractivity contribution in [3.8, 4) is 0 Å². The second-order valence-electron chi connectivity index (χ2n) is 4.03. The fourth-order valence-electron chi connectivity index (χ4n) is 1.51. The van der Waals surface area contributed by atoms with Crippen LogP contribution in [0.2, 0.25) is 0 Å². The number of guanidine groups is 1. The Balaban J connectivity index is 2.23. The van der Waals surface area contributed by atoms with E-state index in [0.29, 0.717) is 12.5 Å². The van der Waals surface area contributed by atoms with Crippen LogP contribution in [0, 0.1) is 0 Å². The fraction of sp³-hybridized carbons (Fsp3) is 0.462. The van der Waals surface area contributed by atoms with Gasteiger partial charge in [0.15, 0.2) is 5.96 Å². The molecule has 0 aliphatic heterocycles. The second kappa shape index (κ2) is 7.66. The molecule has 0 aromatic heterocycles. The first kappa shape index (κ1) is 15.3. The highest BCUT2D eigenvalue weighted by Gasteiger charge is 2.26. The fourth-order valence-corrected chi connectivity index (χ4v) is 1.51. The van der Waals surface area contributed by atoms with Crippen molar-refractivity contribution in [2.75, 3.05) is 20.1 Å². The zero-order valence-electron chi connectivity index (χ0n) is 10.8. The minimum Gasteiger partial charge on any atom is -0.356 e. The van der Waals surface area contributed by atoms with Crippen LogP contribution < -0.4 is 10.6 Å². The van der Waals surface area contributed by atoms with Gasteiger partial charge in [-0.05, 0) is 12.0 Å². The number of nitrogens with one attached hydrogen (secondary N) is 2. The predicted molar refractivity (Wildman–Crippen MR) is 70.2 cm³/mol. The molecule has 2 N–H and O–H groups in total. The van der Waals surface area contributed by atoms with Crippen molar-refractivity contribution in [2.24, 2.45) is 4.99 Å². The molecule has 1 aromatic rings. The molecule has 0 aliphatic rings. The van der Waals surface area contributed by atoms with Crippen molar-refractivity contribution in [1.82, 2.24) is 10.6 Å². The molecule has 0 spiro atoms. The zero-order valence-corrected chi connectivity index (χ0v) is 10.8. The SMILES string of the molecule is CN=C(NCCc1ccccc1)NCCC(F)(F)F. The Morgan fingerprint density at radius 1 is 1.11 bits per heavy atom. The monoisotopic (exact) mass is 273 g/mol. The Labute approximate surface area is 110 Å². The summed E-state index contributed by atoms with van der Waals surface area (Å²) in [7, 11) is 1.53. The maximum atomic E-state index is 12.0. The second-order valence-corrected chi connectivity index (χ2v) is 4.03. The molecule has 0 radical (unpaired) electrons. The highest BCUT2D eigenvalue weighted by molar-refractivity contribution is 5.79. The Bertz CT molecular complexity index is 388. The number of halogens is 3. The molecule has 6 heteroatoms. The number of benzene rings is 1. The summed E-state index contributed by atoms with van der Waals surface area (Å²) in [6, 6.07) is 9.84. The van der Waals surface area contributed by atoms with Crippen LogP contribution in [0.5, 0.6) is 0 Å². The molecule has 0 saturated heterocycles. The van der Waals surface area contributed by atoms with Gasteiger partial charge in [0, 0.05) is 20.1 Å². The van der Waals surface area contributed by atoms with Gasteiger partial charge in [-0.2, -0.15) is 13.2 Å². The van der Waals surface area contributed by atoms with E-state index in [9.17, 15) is 13.2 Å². The molecule has 0 unspecified atom stereocenters. The molecule has 0 amide bonds. The summed E-state index contributed by atoms with van der Waals surface area (Å²) in [5.74, 6) is 0.389. The maximum absolute atomic E-state index is 12.0. The van der Waals surface area contributed by atoms with Gasteiger partial charge in [-0.3, -0.25) is 4.99 Å². The lowest BCUT2D eigenvalue weighted by Gasteiger charge is -2.12. The standard InChI is InChI=1S/C13H18F3N3/c1-17-12(19-10-8-13(14,15)16)18-9-7-11-5-3-2-4-6-11/h2-6H,7-10H2,1H3,(H2,17,18,19). The van der Waals surface area contributed by atoms with Gasteiger partial charge in [0.1, 0.15) is 0 Å². The van der Waals surface area contributed by atoms with Crippen molar-refractivity contribution in [3.05, 3.63) is 35.9 Å². The van der Waals surface area contributed by atoms with E-state index >= 15 is 0 Å². The Hall–Kier alpha value is -1.72. The first-order valence-corrected chi connectivity index (χ1v) is 6.06. The number of nitrogens with zero attached hydrogens (tertiary/aromatic N) is 1. The largest absolute Gasteiger partial charge is 0.390 e. The predicted octanol–water partition coefficient (Wildman–Crippen LogP) is 2.35. The molecule has 106 valence electrons. The van der Waals surface area contributed by atoms with Crippen LogP contribution in [0.25, 0.3) is 0 Å². The average molecular weight is 273 g/mol. The van der Waals surface area contributed by atoms with Gasteiger partial charge in [0.25, 0.3) is 0 Å². The molecule has 1 aromatic carbocycles. The van der Waals surface area contributed by atoms with E-state index in [1.54, 1.807) is 0 Å². The van der Waals surface area contributed by atoms with Gasteiger partial charge in [-0.1, -0.05) is 30.3 Å². The van der Waals surface area contributed by atoms with Gasteiger partial charge >= 0.3 is 6.18 Å². The highest BCUT2D eigenvalue weighted by atomic mass is 19.4. The molecule has 1 rings (SSSR count). The molecule has 0 fully saturated rings. The molecule has 0 heterocycles. The number of hydrogen-bond acceptors (Lipinski definition) is 1. The minimum atomic E-state index is -4.14. The normalized spacial score (nSPS) is 12.3. The molecule has 19 heavy (non-hydrogen) atoms. The third kappa shape index (κ3) is 7.33. The summed E-state index contributed by atoms with van der Waals surface area (Å²) in [4.78, 5) is 3.87. The quantitative estimate of drug-likeness (QED) is 0.638. The molecule has 3 nitrogen and oxygen atoms in total. The Kier molecular flexibility index (Phi) is 6.18. The van der Waals surface area contributed by atoms with Crippen molar-refractivity contribution < 1.29 is 13.2 Å². The van der Waals surface area contributed by atoms with Crippen molar-refractivity contribution >= 4 is 5.96 Å². The zero-order chi connectivity index (χ0) is 14.1. The molecular formula is C13H18F3N3. The lowest BCUT2D eigenvalue weighted by Crippen LogP contribution is -2.39. The molecule has 0 bridgehead atoms. The first-order valence-electron chi connectivity index (χ1n) is 6.06. The van der Waals surface area contributed by atoms with E-state index in [1.165, 1.54) is 12.6 Å². The van der Waals surface area contributed by atoms with Crippen molar-refractivity contribution in [3.63, 3.8) is 0 Å². The number of aliphatic imine (C=N–C) groups is 1. The van der Waals surface area contributed by atoms with Crippen LogP contribution >= 0.6 is 0 Å². The average Bonchev–Trinajstić information content (AvgIpc) is 2.37. The molecular weight excluding hydrogens is 255 g/mol. The van der Waals surface area contributed by atoms with E-state index in [-0.39, 0.29) is 6.54 Å². The molecule has 0 saturated carbocycles. The van der Waals surface area contributed by atoms with E-state index in [4.69, 9.17) is 0 Å². The maximum Gasteiger partial charge on any atom is 0.390 e. The van der Waals surface area contributed by atoms with Crippen molar-refractivity contribution in [2.45, 2.75) is 19.0 Å². The highest BCUT2D eigenvalue weighted by Crippen LogP contribution is 2.17. The third-order valence-electron chi connectivity index (χ3n) is 2.47. The van der Waals surface area contributed by atoms with E-state index < -0.39 is 12.6 Å². The minimum absolute atomic E-state index is 0.172.